The Morgan fingerprint density at radius 1 is 1.18 bits per heavy atom. The van der Waals surface area contributed by atoms with Gasteiger partial charge in [-0.05, 0) is 63.2 Å². The standard InChI is InChI=1S/C23H24ClF3N6O5/c1-5-36-20(34)23(26,27)17(29-21(35)38-22(2,3)4)12-33-31-18(30-32-33)13-6-8-15(9-7-13)37-19-16(25)10-14(24)11-28-19/h6-11,17H,5,12H2,1-4H3,(H,29,35). The molecule has 38 heavy (non-hydrogen) atoms. The van der Waals surface area contributed by atoms with Crippen molar-refractivity contribution >= 4 is 23.7 Å². The third kappa shape index (κ3) is 7.54. The lowest BCUT2D eigenvalue weighted by Gasteiger charge is -2.27. The summed E-state index contributed by atoms with van der Waals surface area (Å²) in [6, 6.07) is 4.94. The molecular weight excluding hydrogens is 533 g/mol. The molecule has 1 atom stereocenters. The summed E-state index contributed by atoms with van der Waals surface area (Å²) < 4.78 is 58.5. The number of tetrazole rings is 1. The summed E-state index contributed by atoms with van der Waals surface area (Å²) in [5.74, 6) is -6.71. The fraction of sp³-hybridized carbons (Fsp3) is 0.391. The topological polar surface area (TPSA) is 130 Å². The highest BCUT2D eigenvalue weighted by atomic mass is 35.5. The maximum Gasteiger partial charge on any atom is 0.408 e. The highest BCUT2D eigenvalue weighted by Gasteiger charge is 2.50. The summed E-state index contributed by atoms with van der Waals surface area (Å²) >= 11 is 5.68. The molecule has 1 aromatic carbocycles. The number of hydrogen-bond acceptors (Lipinski definition) is 9. The van der Waals surface area contributed by atoms with Crippen LogP contribution in [0.25, 0.3) is 11.4 Å². The highest BCUT2D eigenvalue weighted by Crippen LogP contribution is 2.27. The molecule has 3 rings (SSSR count). The van der Waals surface area contributed by atoms with E-state index in [0.29, 0.717) is 5.56 Å². The van der Waals surface area contributed by atoms with Crippen LogP contribution in [0.5, 0.6) is 11.6 Å². The summed E-state index contributed by atoms with van der Waals surface area (Å²) in [5.41, 5.74) is -0.556. The summed E-state index contributed by atoms with van der Waals surface area (Å²) in [6.45, 7) is 4.99. The molecule has 1 amide bonds. The molecule has 1 unspecified atom stereocenters. The first-order chi connectivity index (χ1) is 17.8. The molecule has 0 radical (unpaired) electrons. The lowest BCUT2D eigenvalue weighted by molar-refractivity contribution is -0.176. The van der Waals surface area contributed by atoms with Gasteiger partial charge in [-0.1, -0.05) is 11.6 Å². The Morgan fingerprint density at radius 2 is 1.87 bits per heavy atom. The third-order valence-corrected chi connectivity index (χ3v) is 4.78. The summed E-state index contributed by atoms with van der Waals surface area (Å²) in [6.07, 6.45) is 0.0569. The van der Waals surface area contributed by atoms with Crippen molar-refractivity contribution in [1.29, 1.82) is 0 Å². The van der Waals surface area contributed by atoms with E-state index in [1.807, 2.05) is 5.32 Å². The molecule has 2 aromatic heterocycles. The van der Waals surface area contributed by atoms with Crippen LogP contribution in [0.4, 0.5) is 18.0 Å². The molecule has 0 bridgehead atoms. The number of aromatic nitrogens is 5. The van der Waals surface area contributed by atoms with E-state index < -0.39 is 42.0 Å². The molecule has 0 fully saturated rings. The van der Waals surface area contributed by atoms with Gasteiger partial charge in [0, 0.05) is 11.8 Å². The van der Waals surface area contributed by atoms with Gasteiger partial charge in [-0.3, -0.25) is 0 Å². The molecule has 0 saturated carbocycles. The van der Waals surface area contributed by atoms with Crippen LogP contribution in [0.15, 0.2) is 36.5 Å². The van der Waals surface area contributed by atoms with Gasteiger partial charge in [-0.25, -0.2) is 19.0 Å². The van der Waals surface area contributed by atoms with Gasteiger partial charge in [0.05, 0.1) is 18.2 Å². The Labute approximate surface area is 220 Å². The van der Waals surface area contributed by atoms with Crippen LogP contribution >= 0.6 is 11.6 Å². The second kappa shape index (κ2) is 11.6. The van der Waals surface area contributed by atoms with E-state index in [9.17, 15) is 22.8 Å². The molecule has 0 aliphatic carbocycles. The molecule has 0 saturated heterocycles. The maximum absolute atomic E-state index is 14.9. The quantitative estimate of drug-likeness (QED) is 0.381. The molecule has 1 N–H and O–H groups in total. The lowest BCUT2D eigenvalue weighted by atomic mass is 10.1. The van der Waals surface area contributed by atoms with Gasteiger partial charge in [-0.15, -0.1) is 10.2 Å². The Morgan fingerprint density at radius 3 is 2.47 bits per heavy atom. The van der Waals surface area contributed by atoms with E-state index in [0.717, 1.165) is 10.9 Å². The Bertz CT molecular complexity index is 1280. The minimum absolute atomic E-state index is 0.0443. The zero-order valence-corrected chi connectivity index (χ0v) is 21.5. The van der Waals surface area contributed by atoms with Crippen molar-refractivity contribution in [2.45, 2.75) is 51.8 Å². The lowest BCUT2D eigenvalue weighted by Crippen LogP contribution is -2.55. The first-order valence-corrected chi connectivity index (χ1v) is 11.6. The number of esters is 1. The van der Waals surface area contributed by atoms with Gasteiger partial charge in [0.2, 0.25) is 5.82 Å². The number of pyridine rings is 1. The molecule has 2 heterocycles. The van der Waals surface area contributed by atoms with E-state index in [-0.39, 0.29) is 29.1 Å². The SMILES string of the molecule is CCOC(=O)C(F)(F)C(Cn1nnc(-c2ccc(Oc3ncc(Cl)cc3F)cc2)n1)NC(=O)OC(C)(C)C. The minimum atomic E-state index is -4.13. The molecule has 3 aromatic rings. The monoisotopic (exact) mass is 556 g/mol. The van der Waals surface area contributed by atoms with Crippen molar-refractivity contribution in [2.75, 3.05) is 6.61 Å². The first kappa shape index (κ1) is 28.6. The van der Waals surface area contributed by atoms with Crippen LogP contribution in [0, 0.1) is 5.82 Å². The van der Waals surface area contributed by atoms with Crippen molar-refractivity contribution in [2.24, 2.45) is 0 Å². The molecule has 204 valence electrons. The normalized spacial score (nSPS) is 12.5. The number of carbonyl (C=O) groups excluding carboxylic acids is 2. The number of alkyl halides is 2. The highest BCUT2D eigenvalue weighted by molar-refractivity contribution is 6.30. The second-order valence-corrected chi connectivity index (χ2v) is 9.21. The summed E-state index contributed by atoms with van der Waals surface area (Å²) in [4.78, 5) is 28.7. The number of hydrogen-bond donors (Lipinski definition) is 1. The van der Waals surface area contributed by atoms with Crippen LogP contribution in [-0.2, 0) is 20.8 Å². The smallest absolute Gasteiger partial charge is 0.408 e. The van der Waals surface area contributed by atoms with E-state index in [1.165, 1.54) is 37.4 Å². The molecule has 11 nitrogen and oxygen atoms in total. The van der Waals surface area contributed by atoms with Gasteiger partial charge >= 0.3 is 18.0 Å². The van der Waals surface area contributed by atoms with Crippen LogP contribution in [-0.4, -0.2) is 61.4 Å². The fourth-order valence-electron chi connectivity index (χ4n) is 2.93. The van der Waals surface area contributed by atoms with Crippen LogP contribution in [0.2, 0.25) is 5.02 Å². The predicted octanol–water partition coefficient (Wildman–Crippen LogP) is 4.41. The largest absolute Gasteiger partial charge is 0.461 e. The zero-order chi connectivity index (χ0) is 28.1. The van der Waals surface area contributed by atoms with Crippen molar-refractivity contribution < 1.29 is 37.0 Å². The van der Waals surface area contributed by atoms with Gasteiger partial charge < -0.3 is 19.5 Å². The van der Waals surface area contributed by atoms with Crippen molar-refractivity contribution in [3.8, 4) is 23.0 Å². The number of ether oxygens (including phenoxy) is 3. The summed E-state index contributed by atoms with van der Waals surface area (Å²) in [5, 5.41) is 13.7. The number of halogens is 4. The molecular formula is C23H24ClF3N6O5. The van der Waals surface area contributed by atoms with Crippen LogP contribution < -0.4 is 10.1 Å². The number of nitrogens with one attached hydrogen (secondary N) is 1. The maximum atomic E-state index is 14.9. The van der Waals surface area contributed by atoms with Crippen molar-refractivity contribution in [1.82, 2.24) is 30.5 Å². The van der Waals surface area contributed by atoms with E-state index in [2.05, 4.69) is 25.1 Å². The third-order valence-electron chi connectivity index (χ3n) is 4.58. The molecule has 0 spiro atoms. The molecule has 0 aliphatic heterocycles. The Hall–Kier alpha value is -3.94. The number of amides is 1. The van der Waals surface area contributed by atoms with Gasteiger partial charge in [0.15, 0.2) is 5.82 Å². The fourth-order valence-corrected chi connectivity index (χ4v) is 3.08. The van der Waals surface area contributed by atoms with Gasteiger partial charge in [0.1, 0.15) is 17.4 Å². The van der Waals surface area contributed by atoms with Gasteiger partial charge in [0.25, 0.3) is 5.88 Å². The number of benzene rings is 1. The minimum Gasteiger partial charge on any atom is -0.461 e. The molecule has 0 aliphatic rings. The van der Waals surface area contributed by atoms with Crippen LogP contribution in [0.1, 0.15) is 27.7 Å². The average Bonchev–Trinajstić information content (AvgIpc) is 3.28. The van der Waals surface area contributed by atoms with E-state index in [4.69, 9.17) is 21.1 Å². The summed E-state index contributed by atoms with van der Waals surface area (Å²) in [7, 11) is 0. The Kier molecular flexibility index (Phi) is 8.76. The van der Waals surface area contributed by atoms with Crippen LogP contribution in [0.3, 0.4) is 0 Å². The van der Waals surface area contributed by atoms with Gasteiger partial charge in [-0.2, -0.15) is 13.6 Å². The first-order valence-electron chi connectivity index (χ1n) is 11.2. The number of carbonyl (C=O) groups is 2. The van der Waals surface area contributed by atoms with E-state index in [1.54, 1.807) is 20.8 Å². The second-order valence-electron chi connectivity index (χ2n) is 8.78. The Balaban J connectivity index is 1.76. The zero-order valence-electron chi connectivity index (χ0n) is 20.7. The van der Waals surface area contributed by atoms with Crippen molar-refractivity contribution in [3.05, 3.63) is 47.4 Å². The molecule has 15 heteroatoms. The average molecular weight is 557 g/mol. The van der Waals surface area contributed by atoms with Crippen molar-refractivity contribution in [3.63, 3.8) is 0 Å². The predicted molar refractivity (Wildman–Crippen MR) is 127 cm³/mol. The number of alkyl carbamates (subject to hydrolysis) is 1. The number of nitrogens with zero attached hydrogens (tertiary/aromatic N) is 5. The number of rotatable bonds is 9. The van der Waals surface area contributed by atoms with E-state index >= 15 is 0 Å².